The summed E-state index contributed by atoms with van der Waals surface area (Å²) in [6, 6.07) is -0.173. The molecule has 17 heavy (non-hydrogen) atoms. The number of nitrogens with one attached hydrogen (secondary N) is 2. The van der Waals surface area contributed by atoms with Crippen molar-refractivity contribution in [2.24, 2.45) is 11.3 Å². The number of hydrogen-bond donors (Lipinski definition) is 3. The highest BCUT2D eigenvalue weighted by atomic mass is 16.3. The minimum absolute atomic E-state index is 0.173. The van der Waals surface area contributed by atoms with Gasteiger partial charge in [-0.05, 0) is 17.8 Å². The lowest BCUT2D eigenvalue weighted by molar-refractivity contribution is 0.0650. The quantitative estimate of drug-likeness (QED) is 0.689. The Labute approximate surface area is 104 Å². The molecular weight excluding hydrogens is 216 g/mol. The normalized spacial score (nSPS) is 18.4. The molecule has 0 bridgehead atoms. The summed E-state index contributed by atoms with van der Waals surface area (Å²) < 4.78 is 0. The molecule has 0 aromatic carbocycles. The highest BCUT2D eigenvalue weighted by Crippen LogP contribution is 2.28. The van der Waals surface area contributed by atoms with Crippen LogP contribution < -0.4 is 10.6 Å². The van der Waals surface area contributed by atoms with E-state index in [0.717, 1.165) is 18.9 Å². The number of rotatable bonds is 5. The van der Waals surface area contributed by atoms with Crippen LogP contribution in [0.25, 0.3) is 0 Å². The van der Waals surface area contributed by atoms with Gasteiger partial charge in [-0.15, -0.1) is 0 Å². The van der Waals surface area contributed by atoms with Crippen LogP contribution in [0.4, 0.5) is 4.79 Å². The third-order valence-electron chi connectivity index (χ3n) is 3.52. The van der Waals surface area contributed by atoms with Crippen LogP contribution in [0.15, 0.2) is 0 Å². The zero-order valence-corrected chi connectivity index (χ0v) is 11.3. The van der Waals surface area contributed by atoms with E-state index in [1.807, 2.05) is 20.8 Å². The topological polar surface area (TPSA) is 61.4 Å². The van der Waals surface area contributed by atoms with Crippen molar-refractivity contribution in [3.05, 3.63) is 0 Å². The van der Waals surface area contributed by atoms with E-state index in [0.29, 0.717) is 6.54 Å². The Balaban J connectivity index is 2.04. The summed E-state index contributed by atoms with van der Waals surface area (Å²) in [4.78, 5) is 11.4. The fraction of sp³-hybridized carbons (Fsp3) is 0.923. The van der Waals surface area contributed by atoms with Gasteiger partial charge < -0.3 is 15.7 Å². The fourth-order valence-corrected chi connectivity index (χ4v) is 1.73. The van der Waals surface area contributed by atoms with E-state index in [9.17, 15) is 9.90 Å². The molecule has 0 spiro atoms. The maximum atomic E-state index is 11.4. The molecule has 100 valence electrons. The monoisotopic (exact) mass is 242 g/mol. The van der Waals surface area contributed by atoms with Crippen molar-refractivity contribution in [3.8, 4) is 0 Å². The van der Waals surface area contributed by atoms with Crippen LogP contribution in [0.1, 0.15) is 46.5 Å². The maximum Gasteiger partial charge on any atom is 0.314 e. The summed E-state index contributed by atoms with van der Waals surface area (Å²) in [5, 5.41) is 15.3. The predicted octanol–water partition coefficient (Wildman–Crippen LogP) is 1.88. The van der Waals surface area contributed by atoms with Crippen molar-refractivity contribution in [2.45, 2.75) is 52.6 Å². The van der Waals surface area contributed by atoms with Crippen LogP contribution in [0, 0.1) is 11.3 Å². The summed E-state index contributed by atoms with van der Waals surface area (Å²) in [6.07, 6.45) is 4.53. The van der Waals surface area contributed by atoms with E-state index < -0.39 is 6.10 Å². The number of amides is 2. The first-order valence-electron chi connectivity index (χ1n) is 6.59. The first kappa shape index (κ1) is 14.3. The molecule has 2 amide bonds. The molecule has 3 N–H and O–H groups in total. The SMILES string of the molecule is CC(C)(C)C(O)CNC(=O)NCCC1CCC1. The number of urea groups is 1. The van der Waals surface area contributed by atoms with E-state index in [-0.39, 0.29) is 11.4 Å². The molecule has 0 aromatic heterocycles. The first-order chi connectivity index (χ1) is 7.89. The number of aliphatic hydroxyl groups is 1. The number of carbonyl (C=O) groups is 1. The van der Waals surface area contributed by atoms with Gasteiger partial charge in [-0.3, -0.25) is 0 Å². The number of hydrogen-bond acceptors (Lipinski definition) is 2. The van der Waals surface area contributed by atoms with Crippen molar-refractivity contribution in [3.63, 3.8) is 0 Å². The Morgan fingerprint density at radius 1 is 1.35 bits per heavy atom. The summed E-state index contributed by atoms with van der Waals surface area (Å²) in [5.74, 6) is 0.815. The van der Waals surface area contributed by atoms with E-state index in [1.165, 1.54) is 19.3 Å². The van der Waals surface area contributed by atoms with Gasteiger partial charge in [0.1, 0.15) is 0 Å². The van der Waals surface area contributed by atoms with Gasteiger partial charge in [0, 0.05) is 13.1 Å². The summed E-state index contributed by atoms with van der Waals surface area (Å²) in [6.45, 7) is 6.90. The van der Waals surface area contributed by atoms with Gasteiger partial charge in [-0.25, -0.2) is 4.79 Å². The minimum Gasteiger partial charge on any atom is -0.391 e. The molecule has 1 unspecified atom stereocenters. The Morgan fingerprint density at radius 2 is 2.00 bits per heavy atom. The molecule has 1 atom stereocenters. The van der Waals surface area contributed by atoms with Crippen molar-refractivity contribution >= 4 is 6.03 Å². The average molecular weight is 242 g/mol. The molecule has 4 nitrogen and oxygen atoms in total. The summed E-state index contributed by atoms with van der Waals surface area (Å²) in [5.41, 5.74) is -0.195. The Morgan fingerprint density at radius 3 is 2.47 bits per heavy atom. The van der Waals surface area contributed by atoms with Gasteiger partial charge in [-0.1, -0.05) is 40.0 Å². The second-order valence-corrected chi connectivity index (χ2v) is 6.10. The molecule has 0 aromatic rings. The minimum atomic E-state index is -0.514. The third kappa shape index (κ3) is 5.39. The van der Waals surface area contributed by atoms with Crippen LogP contribution in [0.5, 0.6) is 0 Å². The molecule has 4 heteroatoms. The van der Waals surface area contributed by atoms with Crippen molar-refractivity contribution in [1.29, 1.82) is 0 Å². The van der Waals surface area contributed by atoms with Crippen LogP contribution in [-0.2, 0) is 0 Å². The lowest BCUT2D eigenvalue weighted by Crippen LogP contribution is -2.44. The van der Waals surface area contributed by atoms with Crippen LogP contribution >= 0.6 is 0 Å². The number of carbonyl (C=O) groups excluding carboxylic acids is 1. The molecule has 1 aliphatic rings. The van der Waals surface area contributed by atoms with Gasteiger partial charge in [0.15, 0.2) is 0 Å². The maximum absolute atomic E-state index is 11.4. The van der Waals surface area contributed by atoms with Gasteiger partial charge in [-0.2, -0.15) is 0 Å². The third-order valence-corrected chi connectivity index (χ3v) is 3.52. The highest BCUT2D eigenvalue weighted by molar-refractivity contribution is 5.73. The van der Waals surface area contributed by atoms with Gasteiger partial charge >= 0.3 is 6.03 Å². The first-order valence-corrected chi connectivity index (χ1v) is 6.59. The van der Waals surface area contributed by atoms with E-state index in [1.54, 1.807) is 0 Å². The lowest BCUT2D eigenvalue weighted by Gasteiger charge is -2.26. The number of aliphatic hydroxyl groups excluding tert-OH is 1. The van der Waals surface area contributed by atoms with Crippen molar-refractivity contribution in [1.82, 2.24) is 10.6 Å². The standard InChI is InChI=1S/C13H26N2O2/c1-13(2,3)11(16)9-15-12(17)14-8-7-10-5-4-6-10/h10-11,16H,4-9H2,1-3H3,(H2,14,15,17). The van der Waals surface area contributed by atoms with E-state index in [2.05, 4.69) is 10.6 Å². The molecule has 1 saturated carbocycles. The second kappa shape index (κ2) is 6.24. The van der Waals surface area contributed by atoms with Crippen molar-refractivity contribution < 1.29 is 9.90 Å². The Hall–Kier alpha value is -0.770. The van der Waals surface area contributed by atoms with E-state index >= 15 is 0 Å². The molecule has 0 aliphatic heterocycles. The zero-order chi connectivity index (χ0) is 12.9. The fourth-order valence-electron chi connectivity index (χ4n) is 1.73. The molecule has 1 aliphatic carbocycles. The highest BCUT2D eigenvalue weighted by Gasteiger charge is 2.22. The molecule has 0 radical (unpaired) electrons. The molecular formula is C13H26N2O2. The van der Waals surface area contributed by atoms with Crippen LogP contribution in [0.2, 0.25) is 0 Å². The summed E-state index contributed by atoms with van der Waals surface area (Å²) >= 11 is 0. The summed E-state index contributed by atoms with van der Waals surface area (Å²) in [7, 11) is 0. The second-order valence-electron chi connectivity index (χ2n) is 6.10. The van der Waals surface area contributed by atoms with Crippen LogP contribution in [-0.4, -0.2) is 30.3 Å². The van der Waals surface area contributed by atoms with Crippen molar-refractivity contribution in [2.75, 3.05) is 13.1 Å². The zero-order valence-electron chi connectivity index (χ0n) is 11.3. The largest absolute Gasteiger partial charge is 0.391 e. The molecule has 1 rings (SSSR count). The van der Waals surface area contributed by atoms with Gasteiger partial charge in [0.2, 0.25) is 0 Å². The van der Waals surface area contributed by atoms with E-state index in [4.69, 9.17) is 0 Å². The molecule has 1 fully saturated rings. The van der Waals surface area contributed by atoms with Gasteiger partial charge in [0.25, 0.3) is 0 Å². The Bertz CT molecular complexity index is 244. The average Bonchev–Trinajstić information content (AvgIpc) is 2.16. The smallest absolute Gasteiger partial charge is 0.314 e. The predicted molar refractivity (Wildman–Crippen MR) is 68.8 cm³/mol. The molecule has 0 heterocycles. The van der Waals surface area contributed by atoms with Crippen LogP contribution in [0.3, 0.4) is 0 Å². The Kier molecular flexibility index (Phi) is 5.25. The van der Waals surface area contributed by atoms with Gasteiger partial charge in [0.05, 0.1) is 6.10 Å². The lowest BCUT2D eigenvalue weighted by atomic mass is 9.83. The molecule has 0 saturated heterocycles.